The van der Waals surface area contributed by atoms with E-state index in [9.17, 15) is 0 Å². The molecule has 0 unspecified atom stereocenters. The van der Waals surface area contributed by atoms with Gasteiger partial charge in [0.15, 0.2) is 0 Å². The predicted octanol–water partition coefficient (Wildman–Crippen LogP) is 6.62. The van der Waals surface area contributed by atoms with Crippen LogP contribution in [-0.4, -0.2) is 0 Å². The van der Waals surface area contributed by atoms with Crippen LogP contribution in [0.3, 0.4) is 0 Å². The van der Waals surface area contributed by atoms with Gasteiger partial charge >= 0.3 is 0 Å². The summed E-state index contributed by atoms with van der Waals surface area (Å²) in [6.45, 7) is 0. The lowest BCUT2D eigenvalue weighted by molar-refractivity contribution is 1.61. The van der Waals surface area contributed by atoms with Crippen LogP contribution in [0.5, 0.6) is 0 Å². The minimum Gasteiger partial charge on any atom is -0.0843 e. The molecule has 17 heavy (non-hydrogen) atoms. The summed E-state index contributed by atoms with van der Waals surface area (Å²) >= 11 is 29.9. The second-order valence-corrected chi connectivity index (χ2v) is 5.44. The molecule has 0 spiro atoms. The maximum absolute atomic E-state index is 6.11. The lowest BCUT2D eigenvalue weighted by Crippen LogP contribution is -1.83. The lowest BCUT2D eigenvalue weighted by Gasteiger charge is -2.09. The van der Waals surface area contributed by atoms with Crippen molar-refractivity contribution in [2.24, 2.45) is 0 Å². The Bertz CT molecular complexity index is 577. The topological polar surface area (TPSA) is 0 Å². The first-order chi connectivity index (χ1) is 7.99. The first-order valence-corrected chi connectivity index (χ1v) is 6.48. The zero-order valence-electron chi connectivity index (χ0n) is 8.28. The van der Waals surface area contributed by atoms with Crippen LogP contribution >= 0.6 is 58.0 Å². The first-order valence-electron chi connectivity index (χ1n) is 4.59. The van der Waals surface area contributed by atoms with Gasteiger partial charge in [0.2, 0.25) is 0 Å². The van der Waals surface area contributed by atoms with E-state index in [2.05, 4.69) is 0 Å². The number of hydrogen-bond donors (Lipinski definition) is 0. The number of rotatable bonds is 1. The highest BCUT2D eigenvalue weighted by Gasteiger charge is 2.11. The van der Waals surface area contributed by atoms with Crippen molar-refractivity contribution in [2.75, 3.05) is 0 Å². The maximum Gasteiger partial charge on any atom is 0.0607 e. The zero-order valence-corrected chi connectivity index (χ0v) is 12.1. The molecule has 2 rings (SSSR count). The third kappa shape index (κ3) is 2.83. The molecule has 0 N–H and O–H groups in total. The highest BCUT2D eigenvalue weighted by atomic mass is 35.5. The minimum atomic E-state index is 0.408. The molecule has 0 aromatic heterocycles. The van der Waals surface area contributed by atoms with Gasteiger partial charge in [-0.25, -0.2) is 0 Å². The monoisotopic (exact) mass is 324 g/mol. The van der Waals surface area contributed by atoms with E-state index in [0.717, 1.165) is 11.1 Å². The Kier molecular flexibility index (Phi) is 4.12. The van der Waals surface area contributed by atoms with Gasteiger partial charge in [-0.05, 0) is 24.3 Å². The molecule has 0 saturated carbocycles. The van der Waals surface area contributed by atoms with E-state index in [1.165, 1.54) is 0 Å². The molecule has 88 valence electrons. The summed E-state index contributed by atoms with van der Waals surface area (Å²) in [5.74, 6) is 0. The van der Waals surface area contributed by atoms with E-state index in [-0.39, 0.29) is 0 Å². The molecule has 0 aliphatic heterocycles. The third-order valence-electron chi connectivity index (χ3n) is 2.23. The van der Waals surface area contributed by atoms with Crippen molar-refractivity contribution in [3.05, 3.63) is 55.4 Å². The second kappa shape index (κ2) is 5.26. The summed E-state index contributed by atoms with van der Waals surface area (Å²) in [5, 5.41) is 2.40. The maximum atomic E-state index is 6.11. The first kappa shape index (κ1) is 13.3. The van der Waals surface area contributed by atoms with E-state index < -0.39 is 0 Å². The molecule has 0 bridgehead atoms. The average molecular weight is 326 g/mol. The molecule has 0 amide bonds. The fourth-order valence-corrected chi connectivity index (χ4v) is 2.60. The number of hydrogen-bond acceptors (Lipinski definition) is 0. The standard InChI is InChI=1S/C12H5Cl5/c13-6-1-2-7(9(14)3-6)8-4-11(16)12(17)5-10(8)15/h1-5H. The summed E-state index contributed by atoms with van der Waals surface area (Å²) in [4.78, 5) is 0. The van der Waals surface area contributed by atoms with Crippen LogP contribution in [0, 0.1) is 0 Å². The van der Waals surface area contributed by atoms with Crippen LogP contribution in [0.2, 0.25) is 25.1 Å². The molecular weight excluding hydrogens is 321 g/mol. The van der Waals surface area contributed by atoms with E-state index in [1.54, 1.807) is 30.3 Å². The summed E-state index contributed by atoms with van der Waals surface area (Å²) in [6.07, 6.45) is 0. The van der Waals surface area contributed by atoms with Crippen LogP contribution in [0.1, 0.15) is 0 Å². The van der Waals surface area contributed by atoms with E-state index in [1.807, 2.05) is 0 Å². The third-order valence-corrected chi connectivity index (χ3v) is 3.81. The fourth-order valence-electron chi connectivity index (χ4n) is 1.44. The molecule has 0 aliphatic rings. The van der Waals surface area contributed by atoms with Gasteiger partial charge in [-0.3, -0.25) is 0 Å². The Morgan fingerprint density at radius 2 is 1.12 bits per heavy atom. The second-order valence-electron chi connectivity index (χ2n) is 3.37. The molecule has 0 saturated heterocycles. The summed E-state index contributed by atoms with van der Waals surface area (Å²) < 4.78 is 0. The predicted molar refractivity (Wildman–Crippen MR) is 76.9 cm³/mol. The fraction of sp³-hybridized carbons (Fsp3) is 0. The zero-order chi connectivity index (χ0) is 12.6. The normalized spacial score (nSPS) is 10.6. The Morgan fingerprint density at radius 1 is 0.529 bits per heavy atom. The van der Waals surface area contributed by atoms with Crippen LogP contribution in [0.25, 0.3) is 11.1 Å². The molecule has 0 heterocycles. The Morgan fingerprint density at radius 3 is 1.76 bits per heavy atom. The SMILES string of the molecule is Clc1ccc(-c2cc(Cl)c(Cl)cc2Cl)c(Cl)c1. The molecule has 2 aromatic carbocycles. The van der Waals surface area contributed by atoms with E-state index in [0.29, 0.717) is 25.1 Å². The van der Waals surface area contributed by atoms with Crippen LogP contribution < -0.4 is 0 Å². The Hall–Kier alpha value is -0.110. The molecule has 0 aliphatic carbocycles. The largest absolute Gasteiger partial charge is 0.0843 e. The van der Waals surface area contributed by atoms with Crippen molar-refractivity contribution >= 4 is 58.0 Å². The average Bonchev–Trinajstić information content (AvgIpc) is 2.24. The van der Waals surface area contributed by atoms with Crippen LogP contribution in [-0.2, 0) is 0 Å². The van der Waals surface area contributed by atoms with Crippen molar-refractivity contribution in [3.8, 4) is 11.1 Å². The van der Waals surface area contributed by atoms with E-state index >= 15 is 0 Å². The molecule has 2 aromatic rings. The van der Waals surface area contributed by atoms with Crippen LogP contribution in [0.4, 0.5) is 0 Å². The van der Waals surface area contributed by atoms with Gasteiger partial charge in [0, 0.05) is 21.2 Å². The molecular formula is C12H5Cl5. The van der Waals surface area contributed by atoms with Crippen molar-refractivity contribution < 1.29 is 0 Å². The molecule has 0 nitrogen and oxygen atoms in total. The van der Waals surface area contributed by atoms with E-state index in [4.69, 9.17) is 58.0 Å². The summed E-state index contributed by atoms with van der Waals surface area (Å²) in [7, 11) is 0. The highest BCUT2D eigenvalue weighted by molar-refractivity contribution is 6.44. The van der Waals surface area contributed by atoms with Gasteiger partial charge in [0.25, 0.3) is 0 Å². The Labute approximate surface area is 124 Å². The van der Waals surface area contributed by atoms with Gasteiger partial charge in [-0.15, -0.1) is 0 Å². The highest BCUT2D eigenvalue weighted by Crippen LogP contribution is 2.38. The molecule has 0 fully saturated rings. The molecule has 0 atom stereocenters. The van der Waals surface area contributed by atoms with Gasteiger partial charge in [0.05, 0.1) is 15.1 Å². The van der Waals surface area contributed by atoms with Gasteiger partial charge in [0.1, 0.15) is 0 Å². The molecule has 0 radical (unpaired) electrons. The number of benzene rings is 2. The van der Waals surface area contributed by atoms with Crippen molar-refractivity contribution in [1.82, 2.24) is 0 Å². The van der Waals surface area contributed by atoms with Crippen LogP contribution in [0.15, 0.2) is 30.3 Å². The quantitative estimate of drug-likeness (QED) is 0.517. The van der Waals surface area contributed by atoms with Crippen molar-refractivity contribution in [1.29, 1.82) is 0 Å². The molecule has 5 heteroatoms. The Balaban J connectivity index is 2.64. The van der Waals surface area contributed by atoms with Gasteiger partial charge < -0.3 is 0 Å². The van der Waals surface area contributed by atoms with Crippen molar-refractivity contribution in [2.45, 2.75) is 0 Å². The van der Waals surface area contributed by atoms with Gasteiger partial charge in [-0.2, -0.15) is 0 Å². The summed E-state index contributed by atoms with van der Waals surface area (Å²) in [5.41, 5.74) is 1.49. The smallest absolute Gasteiger partial charge is 0.0607 e. The summed E-state index contributed by atoms with van der Waals surface area (Å²) in [6, 6.07) is 8.45. The minimum absolute atomic E-state index is 0.408. The van der Waals surface area contributed by atoms with Crippen molar-refractivity contribution in [3.63, 3.8) is 0 Å². The lowest BCUT2D eigenvalue weighted by atomic mass is 10.1. The number of halogens is 5. The van der Waals surface area contributed by atoms with Gasteiger partial charge in [-0.1, -0.05) is 64.1 Å².